The number of hydrogen-bond acceptors (Lipinski definition) is 4. The second kappa shape index (κ2) is 1.82. The Morgan fingerprint density at radius 2 is 2.73 bits per heavy atom. The van der Waals surface area contributed by atoms with Crippen molar-refractivity contribution in [3.63, 3.8) is 0 Å². The lowest BCUT2D eigenvalue weighted by Crippen LogP contribution is -2.10. The quantitative estimate of drug-likeness (QED) is 0.500. The molecule has 0 saturated heterocycles. The molecule has 2 aromatic rings. The first-order chi connectivity index (χ1) is 6.22. The zero-order chi connectivity index (χ0) is 9.42. The van der Waals surface area contributed by atoms with Gasteiger partial charge >= 0.3 is 0 Å². The molecule has 0 amide bonds. The highest BCUT2D eigenvalue weighted by molar-refractivity contribution is 5.69. The number of nitrogens with two attached hydrogens (primary N) is 1. The van der Waals surface area contributed by atoms with E-state index in [-0.39, 0.29) is 17.1 Å². The molecule has 0 radical (unpaired) electrons. The number of nitrogens with zero attached hydrogens (tertiary/aromatic N) is 2. The normalized spacial score (nSPS) is 12.7. The van der Waals surface area contributed by atoms with E-state index in [1.54, 1.807) is 0 Å². The van der Waals surface area contributed by atoms with E-state index in [0.717, 1.165) is 4.98 Å². The first kappa shape index (κ1) is 4.12. The van der Waals surface area contributed by atoms with E-state index in [2.05, 4.69) is 15.0 Å². The molecule has 2 heterocycles. The summed E-state index contributed by atoms with van der Waals surface area (Å²) in [5.41, 5.74) is 1.66. The van der Waals surface area contributed by atoms with E-state index < -0.39 is 5.56 Å². The minimum absolute atomic E-state index is 0.0104. The molecule has 0 bridgehead atoms. The predicted octanol–water partition coefficient (Wildman–Crippen LogP) is -0.772. The molecule has 6 nitrogen and oxygen atoms in total. The van der Waals surface area contributed by atoms with Gasteiger partial charge in [0.2, 0.25) is 5.95 Å². The Kier molecular flexibility index (Phi) is 0.679. The average molecular weight is 153 g/mol. The molecule has 0 saturated carbocycles. The fourth-order valence-corrected chi connectivity index (χ4v) is 0.803. The summed E-state index contributed by atoms with van der Waals surface area (Å²) >= 11 is 0. The Balaban J connectivity index is 2.87. The van der Waals surface area contributed by atoms with Crippen molar-refractivity contribution < 1.29 is 2.82 Å². The van der Waals surface area contributed by atoms with Crippen LogP contribution in [0.4, 0.5) is 5.95 Å². The molecule has 0 spiro atoms. The van der Waals surface area contributed by atoms with E-state index in [1.165, 1.54) is 6.33 Å². The summed E-state index contributed by atoms with van der Waals surface area (Å²) in [4.78, 5) is 21.8. The molecule has 0 fully saturated rings. The molecule has 6 heteroatoms. The van der Waals surface area contributed by atoms with Crippen LogP contribution in [0, 0.1) is 0 Å². The number of anilines is 1. The molecule has 2 rings (SSSR count). The number of imidazole rings is 1. The first-order valence-corrected chi connectivity index (χ1v) is 2.86. The number of aromatic nitrogens is 4. The fourth-order valence-electron chi connectivity index (χ4n) is 0.803. The van der Waals surface area contributed by atoms with Crippen LogP contribution in [-0.4, -0.2) is 19.9 Å². The van der Waals surface area contributed by atoms with Crippen LogP contribution >= 0.6 is 0 Å². The minimum atomic E-state index is -0.493. The molecule has 0 aromatic carbocycles. The van der Waals surface area contributed by atoms with Crippen molar-refractivity contribution >= 4 is 17.1 Å². The summed E-state index contributed by atoms with van der Waals surface area (Å²) in [6.07, 6.45) is 1.17. The van der Waals surface area contributed by atoms with Gasteiger partial charge in [0.05, 0.1) is 6.33 Å². The molecule has 0 aliphatic rings. The topological polar surface area (TPSA) is 100 Å². The number of rotatable bonds is 1. The van der Waals surface area contributed by atoms with Crippen LogP contribution < -0.4 is 11.3 Å². The van der Waals surface area contributed by atoms with Gasteiger partial charge in [0.25, 0.3) is 5.56 Å². The van der Waals surface area contributed by atoms with E-state index in [4.69, 9.17) is 2.82 Å². The number of nitrogen functional groups attached to an aromatic ring is 1. The Hall–Kier alpha value is -1.85. The highest BCUT2D eigenvalue weighted by Crippen LogP contribution is 1.98. The average Bonchev–Trinajstić information content (AvgIpc) is 2.48. The summed E-state index contributed by atoms with van der Waals surface area (Å²) in [6, 6.07) is 0. The minimum Gasteiger partial charge on any atom is -0.369 e. The summed E-state index contributed by atoms with van der Waals surface area (Å²) in [5, 5.41) is 0. The van der Waals surface area contributed by atoms with Gasteiger partial charge in [-0.15, -0.1) is 0 Å². The monoisotopic (exact) mass is 153 g/mol. The van der Waals surface area contributed by atoms with Crippen LogP contribution in [0.3, 0.4) is 0 Å². The number of fused-ring (bicyclic) bond motifs is 1. The summed E-state index contributed by atoms with van der Waals surface area (Å²) in [7, 11) is 0. The third kappa shape index (κ3) is 0.759. The summed E-state index contributed by atoms with van der Waals surface area (Å²) in [6.45, 7) is 0. The molecule has 0 atom stereocenters. The zero-order valence-corrected chi connectivity index (χ0v) is 5.33. The maximum absolute atomic E-state index is 11.2. The van der Waals surface area contributed by atoms with E-state index in [1.807, 2.05) is 5.73 Å². The zero-order valence-electron chi connectivity index (χ0n) is 7.33. The van der Waals surface area contributed by atoms with Gasteiger partial charge in [0.15, 0.2) is 14.0 Å². The molecule has 0 aliphatic carbocycles. The van der Waals surface area contributed by atoms with Crippen LogP contribution in [0.25, 0.3) is 11.2 Å². The van der Waals surface area contributed by atoms with Crippen LogP contribution in [0.5, 0.6) is 0 Å². The van der Waals surface area contributed by atoms with Gasteiger partial charge < -0.3 is 10.7 Å². The van der Waals surface area contributed by atoms with Crippen molar-refractivity contribution in [3.8, 4) is 0 Å². The molecular formula is C5H5N5O. The highest BCUT2D eigenvalue weighted by atomic mass is 16.1. The highest BCUT2D eigenvalue weighted by Gasteiger charge is 2.01. The first-order valence-electron chi connectivity index (χ1n) is 3.81. The van der Waals surface area contributed by atoms with Gasteiger partial charge in [0.1, 0.15) is 0 Å². The van der Waals surface area contributed by atoms with Crippen molar-refractivity contribution in [2.45, 2.75) is 0 Å². The van der Waals surface area contributed by atoms with Crippen molar-refractivity contribution in [2.75, 3.05) is 5.73 Å². The molecule has 0 aliphatic heterocycles. The molecule has 2 aromatic heterocycles. The van der Waals surface area contributed by atoms with Gasteiger partial charge in [-0.3, -0.25) is 9.78 Å². The van der Waals surface area contributed by atoms with Crippen LogP contribution in [0.15, 0.2) is 11.1 Å². The van der Waals surface area contributed by atoms with Crippen LogP contribution in [-0.2, 0) is 0 Å². The standard InChI is InChI=1S/C5H5N5O/c6-5-9-3-2(4(11)10-5)7-1-8-3/h1H,(H4,6,7,8,9,10,11)/i/hD2. The van der Waals surface area contributed by atoms with Gasteiger partial charge in [-0.2, -0.15) is 4.98 Å². The largest absolute Gasteiger partial charge is 0.369 e. The maximum atomic E-state index is 11.2. The lowest BCUT2D eigenvalue weighted by Gasteiger charge is -1.89. The summed E-state index contributed by atoms with van der Waals surface area (Å²) in [5.74, 6) is 0.0104. The van der Waals surface area contributed by atoms with Crippen molar-refractivity contribution in [1.82, 2.24) is 19.9 Å². The number of H-pyrrole nitrogens is 2. The van der Waals surface area contributed by atoms with Crippen LogP contribution in [0.1, 0.15) is 0 Å². The lowest BCUT2D eigenvalue weighted by molar-refractivity contribution is 1.17. The van der Waals surface area contributed by atoms with Gasteiger partial charge in [-0.05, 0) is 0 Å². The Labute approximate surface area is 63.4 Å². The second-order valence-corrected chi connectivity index (χ2v) is 1.96. The lowest BCUT2D eigenvalue weighted by atomic mass is 10.5. The fraction of sp³-hybridized carbons (Fsp3) is 0. The number of aromatic amines is 2. The molecule has 4 N–H and O–H groups in total. The molecule has 11 heavy (non-hydrogen) atoms. The Bertz CT molecular complexity index is 503. The Morgan fingerprint density at radius 3 is 3.55 bits per heavy atom. The molecular weight excluding hydrogens is 146 g/mol. The smallest absolute Gasteiger partial charge is 0.278 e. The number of nitrogens with one attached hydrogen (secondary N) is 2. The van der Waals surface area contributed by atoms with Gasteiger partial charge in [0, 0.05) is 0 Å². The third-order valence-electron chi connectivity index (χ3n) is 1.24. The third-order valence-corrected chi connectivity index (χ3v) is 1.24. The van der Waals surface area contributed by atoms with E-state index >= 15 is 0 Å². The second-order valence-electron chi connectivity index (χ2n) is 1.96. The predicted molar refractivity (Wildman–Crippen MR) is 38.9 cm³/mol. The number of hydrogen-bond donors (Lipinski definition) is 3. The maximum Gasteiger partial charge on any atom is 0.278 e. The summed E-state index contributed by atoms with van der Waals surface area (Å²) < 4.78 is 14.0. The molecule has 56 valence electrons. The van der Waals surface area contributed by atoms with Crippen LogP contribution in [0.2, 0.25) is 2.82 Å². The van der Waals surface area contributed by atoms with Crippen molar-refractivity contribution in [3.05, 3.63) is 16.7 Å². The molecule has 0 unspecified atom stereocenters. The SMILES string of the molecule is [2H]Nc1nc2ncn([2H])c2c(=O)[nH]1. The van der Waals surface area contributed by atoms with E-state index in [9.17, 15) is 4.79 Å². The van der Waals surface area contributed by atoms with Crippen molar-refractivity contribution in [1.29, 1.82) is 0 Å². The van der Waals surface area contributed by atoms with E-state index in [0.29, 0.717) is 0 Å². The van der Waals surface area contributed by atoms with Gasteiger partial charge in [-0.1, -0.05) is 0 Å². The Morgan fingerprint density at radius 1 is 1.82 bits per heavy atom. The van der Waals surface area contributed by atoms with Gasteiger partial charge in [-0.25, -0.2) is 4.98 Å². The van der Waals surface area contributed by atoms with Crippen molar-refractivity contribution in [2.24, 2.45) is 0 Å².